The van der Waals surface area contributed by atoms with Gasteiger partial charge in [-0.3, -0.25) is 28.8 Å². The van der Waals surface area contributed by atoms with E-state index in [-0.39, 0.29) is 19.4 Å². The fraction of sp³-hybridized carbons (Fsp3) is 0.538. The summed E-state index contributed by atoms with van der Waals surface area (Å²) in [5.41, 5.74) is 11.4. The van der Waals surface area contributed by atoms with Crippen molar-refractivity contribution in [1.29, 1.82) is 0 Å². The average Bonchev–Trinajstić information content (AvgIpc) is 2.81. The zero-order valence-electron chi connectivity index (χ0n) is 22.5. The molecule has 0 aliphatic carbocycles. The van der Waals surface area contributed by atoms with Gasteiger partial charge in [0.15, 0.2) is 0 Å². The van der Waals surface area contributed by atoms with Crippen molar-refractivity contribution in [2.45, 2.75) is 83.0 Å². The van der Waals surface area contributed by atoms with E-state index >= 15 is 0 Å². The number of amides is 4. The Hall–Kier alpha value is -4.00. The maximum atomic E-state index is 13.1. The summed E-state index contributed by atoms with van der Waals surface area (Å²) in [6.07, 6.45) is 0.0233. The molecule has 0 heterocycles. The van der Waals surface area contributed by atoms with E-state index in [2.05, 4.69) is 16.0 Å². The molecular formula is C26H39N5O8. The number of carbonyl (C=O) groups excluding carboxylic acids is 5. The topological polar surface area (TPSA) is 220 Å². The Morgan fingerprint density at radius 3 is 2.13 bits per heavy atom. The first-order chi connectivity index (χ1) is 18.2. The van der Waals surface area contributed by atoms with Crippen molar-refractivity contribution in [3.05, 3.63) is 35.9 Å². The molecule has 13 heteroatoms. The number of benzene rings is 1. The van der Waals surface area contributed by atoms with Gasteiger partial charge in [0.05, 0.1) is 12.5 Å². The van der Waals surface area contributed by atoms with Crippen molar-refractivity contribution >= 4 is 35.6 Å². The number of nitrogens with one attached hydrogen (secondary N) is 3. The largest absolute Gasteiger partial charge is 0.481 e. The van der Waals surface area contributed by atoms with E-state index in [4.69, 9.17) is 21.3 Å². The summed E-state index contributed by atoms with van der Waals surface area (Å²) < 4.78 is 5.28. The molecule has 0 spiro atoms. The molecule has 0 unspecified atom stereocenters. The maximum Gasteiger partial charge on any atom is 0.312 e. The summed E-state index contributed by atoms with van der Waals surface area (Å²) in [4.78, 5) is 72.2. The molecule has 0 aliphatic heterocycles. The summed E-state index contributed by atoms with van der Waals surface area (Å²) in [5, 5.41) is 16.0. The molecule has 4 amide bonds. The van der Waals surface area contributed by atoms with Crippen LogP contribution in [0.25, 0.3) is 0 Å². The molecule has 0 aromatic heterocycles. The first-order valence-electron chi connectivity index (χ1n) is 12.6. The molecule has 3 atom stereocenters. The predicted octanol–water partition coefficient (Wildman–Crippen LogP) is -0.496. The van der Waals surface area contributed by atoms with Gasteiger partial charge in [0.1, 0.15) is 24.1 Å². The van der Waals surface area contributed by atoms with Gasteiger partial charge >= 0.3 is 11.9 Å². The second-order valence-electron chi connectivity index (χ2n) is 10.0. The fourth-order valence-electron chi connectivity index (χ4n) is 3.43. The summed E-state index contributed by atoms with van der Waals surface area (Å²) in [6, 6.07) is 5.35. The van der Waals surface area contributed by atoms with Gasteiger partial charge in [-0.1, -0.05) is 30.3 Å². The number of rotatable bonds is 16. The van der Waals surface area contributed by atoms with Crippen molar-refractivity contribution in [2.75, 3.05) is 6.54 Å². The smallest absolute Gasteiger partial charge is 0.312 e. The monoisotopic (exact) mass is 549 g/mol. The minimum absolute atomic E-state index is 0.109. The Morgan fingerprint density at radius 2 is 1.56 bits per heavy atom. The predicted molar refractivity (Wildman–Crippen MR) is 141 cm³/mol. The van der Waals surface area contributed by atoms with Crippen LogP contribution in [0.2, 0.25) is 0 Å². The highest BCUT2D eigenvalue weighted by Crippen LogP contribution is 2.11. The first kappa shape index (κ1) is 33.0. The quantitative estimate of drug-likeness (QED) is 0.0888. The Kier molecular flexibility index (Phi) is 13.6. The molecule has 1 aromatic rings. The van der Waals surface area contributed by atoms with Crippen LogP contribution in [-0.2, 0) is 39.9 Å². The second kappa shape index (κ2) is 16.1. The number of nitrogens with two attached hydrogens (primary N) is 2. The number of carboxylic acid groups (broad SMARTS) is 1. The average molecular weight is 550 g/mol. The third-order valence-electron chi connectivity index (χ3n) is 5.28. The number of hydrogen-bond acceptors (Lipinski definition) is 8. The summed E-state index contributed by atoms with van der Waals surface area (Å²) in [7, 11) is 0. The lowest BCUT2D eigenvalue weighted by Crippen LogP contribution is -2.56. The number of carbonyl (C=O) groups is 6. The molecule has 39 heavy (non-hydrogen) atoms. The van der Waals surface area contributed by atoms with E-state index < -0.39 is 72.1 Å². The third kappa shape index (κ3) is 14.5. The number of unbranched alkanes of at least 4 members (excludes halogenated alkanes) is 1. The van der Waals surface area contributed by atoms with Gasteiger partial charge in [-0.05, 0) is 45.6 Å². The van der Waals surface area contributed by atoms with Gasteiger partial charge in [0.2, 0.25) is 23.6 Å². The van der Waals surface area contributed by atoms with Gasteiger partial charge in [-0.2, -0.15) is 0 Å². The lowest BCUT2D eigenvalue weighted by Gasteiger charge is -2.25. The van der Waals surface area contributed by atoms with E-state index in [9.17, 15) is 28.8 Å². The molecule has 8 N–H and O–H groups in total. The number of carboxylic acids is 1. The molecule has 1 aromatic carbocycles. The lowest BCUT2D eigenvalue weighted by molar-refractivity contribution is -0.156. The van der Waals surface area contributed by atoms with Crippen LogP contribution in [0.3, 0.4) is 0 Å². The number of aliphatic carboxylic acids is 1. The number of ether oxygens (including phenoxy) is 1. The number of esters is 1. The van der Waals surface area contributed by atoms with E-state index in [1.54, 1.807) is 51.1 Å². The highest BCUT2D eigenvalue weighted by molar-refractivity contribution is 5.95. The van der Waals surface area contributed by atoms with Crippen LogP contribution in [0, 0.1) is 0 Å². The summed E-state index contributed by atoms with van der Waals surface area (Å²) in [6.45, 7) is 5.17. The molecular weight excluding hydrogens is 510 g/mol. The zero-order chi connectivity index (χ0) is 29.6. The maximum absolute atomic E-state index is 13.1. The molecule has 1 rings (SSSR count). The molecule has 216 valence electrons. The van der Waals surface area contributed by atoms with Crippen molar-refractivity contribution in [1.82, 2.24) is 16.0 Å². The summed E-state index contributed by atoms with van der Waals surface area (Å²) >= 11 is 0. The summed E-state index contributed by atoms with van der Waals surface area (Å²) in [5.74, 6) is -4.90. The van der Waals surface area contributed by atoms with Crippen LogP contribution in [0.5, 0.6) is 0 Å². The number of primary amides is 1. The van der Waals surface area contributed by atoms with Crippen LogP contribution < -0.4 is 27.4 Å². The molecule has 13 nitrogen and oxygen atoms in total. The van der Waals surface area contributed by atoms with Gasteiger partial charge in [0, 0.05) is 13.0 Å². The van der Waals surface area contributed by atoms with E-state index in [0.29, 0.717) is 12.8 Å². The minimum Gasteiger partial charge on any atom is -0.481 e. The Bertz CT molecular complexity index is 1010. The van der Waals surface area contributed by atoms with Crippen molar-refractivity contribution in [3.63, 3.8) is 0 Å². The van der Waals surface area contributed by atoms with Crippen LogP contribution in [0.1, 0.15) is 58.4 Å². The Balaban J connectivity index is 2.80. The number of hydrogen-bond donors (Lipinski definition) is 6. The molecule has 0 fully saturated rings. The van der Waals surface area contributed by atoms with Gasteiger partial charge in [-0.25, -0.2) is 0 Å². The van der Waals surface area contributed by atoms with E-state index in [0.717, 1.165) is 5.56 Å². The van der Waals surface area contributed by atoms with Crippen LogP contribution in [-0.4, -0.2) is 70.9 Å². The highest BCUT2D eigenvalue weighted by atomic mass is 16.6. The van der Waals surface area contributed by atoms with Gasteiger partial charge < -0.3 is 37.3 Å². The molecule has 0 radical (unpaired) electrons. The third-order valence-corrected chi connectivity index (χ3v) is 5.28. The SMILES string of the molecule is CC(C)(C)OC(=O)C[C@H](NC(=O)[C@@H](N)CCCCNC(=O)CC(=O)O)C(=O)N[C@@H](Cc1ccccc1)C(N)=O. The molecule has 0 saturated heterocycles. The zero-order valence-corrected chi connectivity index (χ0v) is 22.5. The minimum atomic E-state index is -1.38. The van der Waals surface area contributed by atoms with E-state index in [1.807, 2.05) is 0 Å². The van der Waals surface area contributed by atoms with Crippen LogP contribution >= 0.6 is 0 Å². The van der Waals surface area contributed by atoms with Crippen molar-refractivity contribution in [3.8, 4) is 0 Å². The van der Waals surface area contributed by atoms with E-state index in [1.165, 1.54) is 0 Å². The van der Waals surface area contributed by atoms with Crippen LogP contribution in [0.4, 0.5) is 0 Å². The highest BCUT2D eigenvalue weighted by Gasteiger charge is 2.31. The Labute approximate surface area is 227 Å². The molecule has 0 saturated carbocycles. The molecule has 0 aliphatic rings. The normalized spacial score (nSPS) is 13.3. The molecule has 0 bridgehead atoms. The van der Waals surface area contributed by atoms with Gasteiger partial charge in [0.25, 0.3) is 0 Å². The first-order valence-corrected chi connectivity index (χ1v) is 12.6. The van der Waals surface area contributed by atoms with Crippen molar-refractivity contribution < 1.29 is 38.6 Å². The van der Waals surface area contributed by atoms with Gasteiger partial charge in [-0.15, -0.1) is 0 Å². The fourth-order valence-corrected chi connectivity index (χ4v) is 3.43. The van der Waals surface area contributed by atoms with Crippen LogP contribution in [0.15, 0.2) is 30.3 Å². The Morgan fingerprint density at radius 1 is 0.949 bits per heavy atom. The van der Waals surface area contributed by atoms with Crippen molar-refractivity contribution in [2.24, 2.45) is 11.5 Å². The second-order valence-corrected chi connectivity index (χ2v) is 10.0. The lowest BCUT2D eigenvalue weighted by atomic mass is 10.0. The standard InChI is InChI=1S/C26H39N5O8/c1-26(2,3)39-22(35)14-19(25(38)30-18(23(28)36)13-16-9-5-4-6-10-16)31-24(37)17(27)11-7-8-12-29-20(32)15-21(33)34/h4-6,9-10,17-19H,7-8,11-15,27H2,1-3H3,(H2,28,36)(H,29,32)(H,30,38)(H,31,37)(H,33,34)/t17-,18-,19-/m0/s1.